The monoisotopic (exact) mass is 336 g/mol. The molecule has 0 bridgehead atoms. The molecule has 1 amide bonds. The van der Waals surface area contributed by atoms with Crippen LogP contribution in [0.25, 0.3) is 0 Å². The summed E-state index contributed by atoms with van der Waals surface area (Å²) in [5.74, 6) is 0.344. The topological polar surface area (TPSA) is 62.2 Å². The molecule has 1 atom stereocenters. The molecule has 1 fully saturated rings. The summed E-state index contributed by atoms with van der Waals surface area (Å²) in [5.41, 5.74) is 1.83. The number of ether oxygens (including phenoxy) is 2. The van der Waals surface area contributed by atoms with Crippen LogP contribution in [-0.4, -0.2) is 48.8 Å². The lowest BCUT2D eigenvalue weighted by Gasteiger charge is -2.32. The molecular weight excluding hydrogens is 308 g/mol. The van der Waals surface area contributed by atoms with Gasteiger partial charge < -0.3 is 24.4 Å². The molecule has 24 heavy (non-hydrogen) atoms. The number of rotatable bonds is 8. The van der Waals surface area contributed by atoms with E-state index in [9.17, 15) is 9.90 Å². The van der Waals surface area contributed by atoms with Crippen molar-refractivity contribution in [3.8, 4) is 0 Å². The zero-order chi connectivity index (χ0) is 17.5. The maximum Gasteiger partial charge on any atom is 0.410 e. The lowest BCUT2D eigenvalue weighted by molar-refractivity contribution is -0.106. The molecule has 1 aliphatic heterocycles. The van der Waals surface area contributed by atoms with Crippen molar-refractivity contribution >= 4 is 11.8 Å². The van der Waals surface area contributed by atoms with E-state index in [2.05, 4.69) is 0 Å². The Hall–Kier alpha value is -1.79. The summed E-state index contributed by atoms with van der Waals surface area (Å²) in [7, 11) is 0. The van der Waals surface area contributed by atoms with Gasteiger partial charge in [0.2, 0.25) is 6.41 Å². The van der Waals surface area contributed by atoms with Crippen molar-refractivity contribution in [2.75, 3.05) is 31.2 Å². The van der Waals surface area contributed by atoms with Crippen molar-refractivity contribution in [1.82, 2.24) is 4.90 Å². The highest BCUT2D eigenvalue weighted by atomic mass is 16.6. The van der Waals surface area contributed by atoms with Crippen molar-refractivity contribution in [2.45, 2.75) is 40.2 Å². The molecule has 0 radical (unpaired) electrons. The fourth-order valence-corrected chi connectivity index (χ4v) is 2.69. The minimum Gasteiger partial charge on any atom is -0.449 e. The molecule has 1 unspecified atom stereocenters. The molecular formula is C18H28N2O4. The second-order valence-electron chi connectivity index (χ2n) is 6.36. The highest BCUT2D eigenvalue weighted by molar-refractivity contribution is 5.69. The molecule has 2 rings (SSSR count). The van der Waals surface area contributed by atoms with Gasteiger partial charge in [-0.1, -0.05) is 32.0 Å². The van der Waals surface area contributed by atoms with Gasteiger partial charge in [0.15, 0.2) is 0 Å². The van der Waals surface area contributed by atoms with Crippen molar-refractivity contribution in [3.05, 3.63) is 29.8 Å². The summed E-state index contributed by atoms with van der Waals surface area (Å²) in [6.45, 7) is 8.76. The Morgan fingerprint density at radius 2 is 2.12 bits per heavy atom. The third-order valence-electron chi connectivity index (χ3n) is 3.90. The maximum atomic E-state index is 11.9. The number of amides is 1. The second kappa shape index (κ2) is 8.89. The molecule has 6 heteroatoms. The number of benzene rings is 1. The van der Waals surface area contributed by atoms with Gasteiger partial charge >= 0.3 is 6.09 Å². The number of hydrogen-bond donors (Lipinski definition) is 1. The standard InChI is InChI=1S/C18H28N2O4/c1-4-20(18(22)24-13-14(2)3)16-9-6-5-8-15(16)12-19-10-7-11-23-17(19)21/h5-6,8-9,14,18,22H,4,7,10-13H2,1-3H3. The third kappa shape index (κ3) is 4.85. The fourth-order valence-electron chi connectivity index (χ4n) is 2.69. The molecule has 6 nitrogen and oxygen atoms in total. The van der Waals surface area contributed by atoms with E-state index < -0.39 is 6.41 Å². The lowest BCUT2D eigenvalue weighted by atomic mass is 10.1. The minimum absolute atomic E-state index is 0.282. The number of nitrogens with zero attached hydrogens (tertiary/aromatic N) is 2. The van der Waals surface area contributed by atoms with Crippen LogP contribution in [0, 0.1) is 5.92 Å². The van der Waals surface area contributed by atoms with Gasteiger partial charge in [0.1, 0.15) is 0 Å². The maximum absolute atomic E-state index is 11.9. The summed E-state index contributed by atoms with van der Waals surface area (Å²) >= 11 is 0. The van der Waals surface area contributed by atoms with Gasteiger partial charge in [0, 0.05) is 18.8 Å². The highest BCUT2D eigenvalue weighted by Gasteiger charge is 2.23. The van der Waals surface area contributed by atoms with Crippen LogP contribution in [0.5, 0.6) is 0 Å². The SMILES string of the molecule is CCN(c1ccccc1CN1CCCOC1=O)C(O)OCC(C)C. The van der Waals surface area contributed by atoms with Gasteiger partial charge in [-0.3, -0.25) is 0 Å². The Bertz CT molecular complexity index is 536. The highest BCUT2D eigenvalue weighted by Crippen LogP contribution is 2.25. The minimum atomic E-state index is -1.01. The summed E-state index contributed by atoms with van der Waals surface area (Å²) < 4.78 is 10.7. The normalized spacial score (nSPS) is 16.2. The van der Waals surface area contributed by atoms with Crippen LogP contribution in [0.15, 0.2) is 24.3 Å². The van der Waals surface area contributed by atoms with Crippen LogP contribution >= 0.6 is 0 Å². The van der Waals surface area contributed by atoms with E-state index in [1.54, 1.807) is 9.80 Å². The van der Waals surface area contributed by atoms with Gasteiger partial charge in [-0.25, -0.2) is 4.79 Å². The van der Waals surface area contributed by atoms with Gasteiger partial charge in [0.05, 0.1) is 19.8 Å². The Kier molecular flexibility index (Phi) is 6.87. The van der Waals surface area contributed by atoms with Crippen LogP contribution in [0.1, 0.15) is 32.8 Å². The zero-order valence-corrected chi connectivity index (χ0v) is 14.8. The molecule has 1 heterocycles. The van der Waals surface area contributed by atoms with E-state index in [-0.39, 0.29) is 6.09 Å². The van der Waals surface area contributed by atoms with Crippen LogP contribution in [0.2, 0.25) is 0 Å². The van der Waals surface area contributed by atoms with Crippen molar-refractivity contribution in [2.24, 2.45) is 5.92 Å². The zero-order valence-electron chi connectivity index (χ0n) is 14.8. The van der Waals surface area contributed by atoms with Crippen LogP contribution < -0.4 is 4.90 Å². The Balaban J connectivity index is 2.14. The van der Waals surface area contributed by atoms with E-state index in [0.29, 0.717) is 38.8 Å². The first-order chi connectivity index (χ1) is 11.5. The summed E-state index contributed by atoms with van der Waals surface area (Å²) in [6.07, 6.45) is -0.450. The average molecular weight is 336 g/mol. The van der Waals surface area contributed by atoms with Crippen molar-refractivity contribution in [3.63, 3.8) is 0 Å². The number of anilines is 1. The molecule has 0 aromatic heterocycles. The van der Waals surface area contributed by atoms with Gasteiger partial charge in [-0.15, -0.1) is 0 Å². The van der Waals surface area contributed by atoms with E-state index in [4.69, 9.17) is 9.47 Å². The van der Waals surface area contributed by atoms with E-state index in [0.717, 1.165) is 17.7 Å². The summed E-state index contributed by atoms with van der Waals surface area (Å²) in [6, 6.07) is 7.76. The van der Waals surface area contributed by atoms with Gasteiger partial charge in [-0.2, -0.15) is 0 Å². The van der Waals surface area contributed by atoms with Gasteiger partial charge in [0.25, 0.3) is 0 Å². The Morgan fingerprint density at radius 3 is 2.79 bits per heavy atom. The largest absolute Gasteiger partial charge is 0.449 e. The smallest absolute Gasteiger partial charge is 0.410 e. The molecule has 1 saturated heterocycles. The van der Waals surface area contributed by atoms with Crippen molar-refractivity contribution < 1.29 is 19.4 Å². The van der Waals surface area contributed by atoms with Crippen LogP contribution in [-0.2, 0) is 16.0 Å². The second-order valence-corrected chi connectivity index (χ2v) is 6.36. The predicted octanol–water partition coefficient (Wildman–Crippen LogP) is 2.80. The Labute approximate surface area is 144 Å². The Morgan fingerprint density at radius 1 is 1.38 bits per heavy atom. The predicted molar refractivity (Wildman–Crippen MR) is 92.6 cm³/mol. The van der Waals surface area contributed by atoms with E-state index in [1.165, 1.54) is 0 Å². The quantitative estimate of drug-likeness (QED) is 0.740. The summed E-state index contributed by atoms with van der Waals surface area (Å²) in [4.78, 5) is 15.4. The average Bonchev–Trinajstić information content (AvgIpc) is 2.57. The number of hydrogen-bond acceptors (Lipinski definition) is 5. The number of para-hydroxylation sites is 1. The van der Waals surface area contributed by atoms with Crippen molar-refractivity contribution in [1.29, 1.82) is 0 Å². The first-order valence-corrected chi connectivity index (χ1v) is 8.58. The molecule has 134 valence electrons. The van der Waals surface area contributed by atoms with Gasteiger partial charge in [-0.05, 0) is 30.9 Å². The number of carbonyl (C=O) groups excluding carboxylic acids is 1. The first kappa shape index (κ1) is 18.5. The number of carbonyl (C=O) groups is 1. The van der Waals surface area contributed by atoms with E-state index in [1.807, 2.05) is 45.0 Å². The molecule has 0 spiro atoms. The van der Waals surface area contributed by atoms with Crippen LogP contribution in [0.3, 0.4) is 0 Å². The lowest BCUT2D eigenvalue weighted by Crippen LogP contribution is -2.40. The molecule has 1 aromatic rings. The number of aliphatic hydroxyl groups is 1. The molecule has 0 saturated carbocycles. The molecule has 1 N–H and O–H groups in total. The number of cyclic esters (lactones) is 1. The summed E-state index contributed by atoms with van der Waals surface area (Å²) in [5, 5.41) is 10.4. The van der Waals surface area contributed by atoms with E-state index >= 15 is 0 Å². The first-order valence-electron chi connectivity index (χ1n) is 8.58. The third-order valence-corrected chi connectivity index (χ3v) is 3.90. The fraction of sp³-hybridized carbons (Fsp3) is 0.611. The molecule has 1 aliphatic rings. The molecule has 1 aromatic carbocycles. The number of aliphatic hydroxyl groups excluding tert-OH is 1. The van der Waals surface area contributed by atoms with Crippen LogP contribution in [0.4, 0.5) is 10.5 Å². The molecule has 0 aliphatic carbocycles.